The van der Waals surface area contributed by atoms with E-state index in [9.17, 15) is 9.59 Å². The molecule has 0 saturated carbocycles. The lowest BCUT2D eigenvalue weighted by molar-refractivity contribution is -0.153. The van der Waals surface area contributed by atoms with Crippen LogP contribution in [0.25, 0.3) is 0 Å². The van der Waals surface area contributed by atoms with E-state index in [1.54, 1.807) is 0 Å². The Labute approximate surface area is 104 Å². The Hall–Kier alpha value is -1.06. The molecule has 0 bridgehead atoms. The van der Waals surface area contributed by atoms with E-state index in [0.29, 0.717) is 6.42 Å². The smallest absolute Gasteiger partial charge is 0.306 e. The second kappa shape index (κ2) is 10.1. The molecule has 100 valence electrons. The van der Waals surface area contributed by atoms with Crippen molar-refractivity contribution in [1.29, 1.82) is 0 Å². The van der Waals surface area contributed by atoms with Gasteiger partial charge in [0.2, 0.25) is 0 Å². The van der Waals surface area contributed by atoms with Crippen molar-refractivity contribution in [1.82, 2.24) is 0 Å². The van der Waals surface area contributed by atoms with Crippen LogP contribution in [-0.4, -0.2) is 18.0 Å². The minimum absolute atomic E-state index is 0.329. The molecule has 0 aromatic heterocycles. The van der Waals surface area contributed by atoms with Crippen LogP contribution >= 0.6 is 0 Å². The first-order chi connectivity index (χ1) is 8.07. The zero-order valence-corrected chi connectivity index (χ0v) is 11.0. The third-order valence-electron chi connectivity index (χ3n) is 2.69. The number of nitrogens with two attached hydrogens (primary N) is 1. The lowest BCUT2D eigenvalue weighted by atomic mass is 10.1. The molecule has 0 saturated heterocycles. The maximum absolute atomic E-state index is 11.3. The fourth-order valence-electron chi connectivity index (χ4n) is 1.54. The highest BCUT2D eigenvalue weighted by atomic mass is 16.5. The van der Waals surface area contributed by atoms with Gasteiger partial charge in [0, 0.05) is 6.42 Å². The van der Waals surface area contributed by atoms with E-state index in [2.05, 4.69) is 6.92 Å². The Balaban J connectivity index is 3.36. The third kappa shape index (κ3) is 9.85. The molecule has 0 aromatic rings. The molecule has 1 atom stereocenters. The summed E-state index contributed by atoms with van der Waals surface area (Å²) in [6, 6.07) is 0. The summed E-state index contributed by atoms with van der Waals surface area (Å²) >= 11 is 0. The van der Waals surface area contributed by atoms with Crippen molar-refractivity contribution >= 4 is 11.9 Å². The van der Waals surface area contributed by atoms with E-state index >= 15 is 0 Å². The second-order valence-electron chi connectivity index (χ2n) is 4.41. The van der Waals surface area contributed by atoms with E-state index in [1.165, 1.54) is 39.0 Å². The maximum atomic E-state index is 11.3. The summed E-state index contributed by atoms with van der Waals surface area (Å²) in [4.78, 5) is 21.9. The molecule has 0 rings (SSSR count). The minimum Gasteiger partial charge on any atom is -0.453 e. The molecule has 0 aliphatic rings. The van der Waals surface area contributed by atoms with Gasteiger partial charge < -0.3 is 10.5 Å². The molecule has 2 N–H and O–H groups in total. The molecule has 0 fully saturated rings. The summed E-state index contributed by atoms with van der Waals surface area (Å²) in [5.41, 5.74) is 4.99. The molecular weight excluding hydrogens is 218 g/mol. The first kappa shape index (κ1) is 15.9. The van der Waals surface area contributed by atoms with Crippen LogP contribution in [0.4, 0.5) is 0 Å². The zero-order chi connectivity index (χ0) is 13.1. The van der Waals surface area contributed by atoms with Crippen molar-refractivity contribution in [3.63, 3.8) is 0 Å². The van der Waals surface area contributed by atoms with Gasteiger partial charge in [-0.1, -0.05) is 45.4 Å². The summed E-state index contributed by atoms with van der Waals surface area (Å²) in [7, 11) is 0. The van der Waals surface area contributed by atoms with Gasteiger partial charge in [0.1, 0.15) is 0 Å². The summed E-state index contributed by atoms with van der Waals surface area (Å²) in [5.74, 6) is -0.928. The monoisotopic (exact) mass is 243 g/mol. The number of ether oxygens (including phenoxy) is 1. The van der Waals surface area contributed by atoms with Gasteiger partial charge in [-0.25, -0.2) is 0 Å². The highest BCUT2D eigenvalue weighted by molar-refractivity contribution is 5.81. The Kier molecular flexibility index (Phi) is 9.49. The molecule has 0 radical (unpaired) electrons. The van der Waals surface area contributed by atoms with Crippen LogP contribution < -0.4 is 5.73 Å². The average molecular weight is 243 g/mol. The molecular formula is C13H25NO3. The molecule has 0 unspecified atom stereocenters. The van der Waals surface area contributed by atoms with Crippen LogP contribution in [0, 0.1) is 0 Å². The van der Waals surface area contributed by atoms with Gasteiger partial charge in [0.05, 0.1) is 0 Å². The predicted molar refractivity (Wildman–Crippen MR) is 67.4 cm³/mol. The predicted octanol–water partition coefficient (Wildman–Crippen LogP) is 2.54. The first-order valence-electron chi connectivity index (χ1n) is 6.56. The van der Waals surface area contributed by atoms with E-state index in [-0.39, 0.29) is 5.97 Å². The van der Waals surface area contributed by atoms with Gasteiger partial charge in [-0.3, -0.25) is 9.59 Å². The van der Waals surface area contributed by atoms with E-state index in [4.69, 9.17) is 10.5 Å². The van der Waals surface area contributed by atoms with Crippen molar-refractivity contribution in [2.24, 2.45) is 5.73 Å². The van der Waals surface area contributed by atoms with E-state index in [0.717, 1.165) is 12.8 Å². The Morgan fingerprint density at radius 1 is 1.06 bits per heavy atom. The van der Waals surface area contributed by atoms with Crippen LogP contribution in [0.2, 0.25) is 0 Å². The minimum atomic E-state index is -0.813. The maximum Gasteiger partial charge on any atom is 0.306 e. The number of rotatable bonds is 10. The van der Waals surface area contributed by atoms with Crippen molar-refractivity contribution in [2.45, 2.75) is 71.3 Å². The molecule has 0 aromatic carbocycles. The van der Waals surface area contributed by atoms with Crippen LogP contribution in [-0.2, 0) is 14.3 Å². The normalized spacial score (nSPS) is 12.1. The van der Waals surface area contributed by atoms with Crippen LogP contribution in [0.1, 0.15) is 65.2 Å². The Morgan fingerprint density at radius 2 is 1.59 bits per heavy atom. The number of hydrogen-bond acceptors (Lipinski definition) is 3. The quantitative estimate of drug-likeness (QED) is 0.473. The van der Waals surface area contributed by atoms with Crippen LogP contribution in [0.5, 0.6) is 0 Å². The van der Waals surface area contributed by atoms with Gasteiger partial charge in [-0.05, 0) is 13.3 Å². The fraction of sp³-hybridized carbons (Fsp3) is 0.846. The number of hydrogen-bond donors (Lipinski definition) is 1. The van der Waals surface area contributed by atoms with Gasteiger partial charge in [0.25, 0.3) is 5.91 Å². The topological polar surface area (TPSA) is 69.4 Å². The van der Waals surface area contributed by atoms with E-state index in [1.807, 2.05) is 0 Å². The van der Waals surface area contributed by atoms with Crippen molar-refractivity contribution in [3.05, 3.63) is 0 Å². The zero-order valence-electron chi connectivity index (χ0n) is 11.0. The molecule has 0 aliphatic carbocycles. The summed E-state index contributed by atoms with van der Waals surface area (Å²) in [6.45, 7) is 3.68. The second-order valence-corrected chi connectivity index (χ2v) is 4.41. The molecule has 0 aliphatic heterocycles. The van der Waals surface area contributed by atoms with Crippen LogP contribution in [0.3, 0.4) is 0 Å². The standard InChI is InChI=1S/C13H25NO3/c1-3-4-5-6-7-8-9-10-12(15)17-11(2)13(14)16/h11H,3-10H2,1-2H3,(H2,14,16)/t11-/m0/s1. The molecule has 4 nitrogen and oxygen atoms in total. The highest BCUT2D eigenvalue weighted by Crippen LogP contribution is 2.09. The number of amides is 1. The van der Waals surface area contributed by atoms with Gasteiger partial charge >= 0.3 is 5.97 Å². The molecule has 0 heterocycles. The highest BCUT2D eigenvalue weighted by Gasteiger charge is 2.13. The van der Waals surface area contributed by atoms with E-state index < -0.39 is 12.0 Å². The SMILES string of the molecule is CCCCCCCCCC(=O)O[C@@H](C)C(N)=O. The first-order valence-corrected chi connectivity index (χ1v) is 6.56. The number of primary amides is 1. The lowest BCUT2D eigenvalue weighted by Crippen LogP contribution is -2.30. The average Bonchev–Trinajstić information content (AvgIpc) is 2.27. The number of carbonyl (C=O) groups is 2. The van der Waals surface area contributed by atoms with Crippen molar-refractivity contribution in [3.8, 4) is 0 Å². The molecule has 0 spiro atoms. The molecule has 1 amide bonds. The number of unbranched alkanes of at least 4 members (excludes halogenated alkanes) is 6. The number of carbonyl (C=O) groups excluding carboxylic acids is 2. The number of esters is 1. The molecule has 4 heteroatoms. The van der Waals surface area contributed by atoms with Crippen LogP contribution in [0.15, 0.2) is 0 Å². The fourth-order valence-corrected chi connectivity index (χ4v) is 1.54. The van der Waals surface area contributed by atoms with Gasteiger partial charge in [0.15, 0.2) is 6.10 Å². The Bertz CT molecular complexity index is 229. The summed E-state index contributed by atoms with van der Waals surface area (Å²) in [6.07, 6.45) is 7.66. The largest absolute Gasteiger partial charge is 0.453 e. The van der Waals surface area contributed by atoms with Gasteiger partial charge in [-0.2, -0.15) is 0 Å². The lowest BCUT2D eigenvalue weighted by Gasteiger charge is -2.09. The Morgan fingerprint density at radius 3 is 2.12 bits per heavy atom. The third-order valence-corrected chi connectivity index (χ3v) is 2.69. The molecule has 17 heavy (non-hydrogen) atoms. The summed E-state index contributed by atoms with van der Waals surface area (Å²) in [5, 5.41) is 0. The van der Waals surface area contributed by atoms with Crippen molar-refractivity contribution < 1.29 is 14.3 Å². The summed E-state index contributed by atoms with van der Waals surface area (Å²) < 4.78 is 4.84. The van der Waals surface area contributed by atoms with Gasteiger partial charge in [-0.15, -0.1) is 0 Å². The van der Waals surface area contributed by atoms with Crippen molar-refractivity contribution in [2.75, 3.05) is 0 Å².